The molecule has 1 aliphatic rings. The Morgan fingerprint density at radius 2 is 1.91 bits per heavy atom. The van der Waals surface area contributed by atoms with Crippen molar-refractivity contribution >= 4 is 28.8 Å². The smallest absolute Gasteiger partial charge is 0.410 e. The van der Waals surface area contributed by atoms with Gasteiger partial charge in [0.2, 0.25) is 0 Å². The molecule has 4 rings (SSSR count). The Kier molecular flexibility index (Phi) is 6.65. The summed E-state index contributed by atoms with van der Waals surface area (Å²) in [5.74, 6) is 0.274. The van der Waals surface area contributed by atoms with Crippen molar-refractivity contribution in [2.24, 2.45) is 5.73 Å². The number of likely N-dealkylation sites (tertiary alicyclic amines) is 1. The fourth-order valence-electron chi connectivity index (χ4n) is 4.28. The van der Waals surface area contributed by atoms with Gasteiger partial charge in [-0.25, -0.2) is 9.59 Å². The number of benzene rings is 1. The van der Waals surface area contributed by atoms with Crippen LogP contribution in [0.5, 0.6) is 0 Å². The second kappa shape index (κ2) is 9.52. The van der Waals surface area contributed by atoms with E-state index < -0.39 is 11.2 Å². The van der Waals surface area contributed by atoms with Crippen LogP contribution >= 0.6 is 0 Å². The zero-order chi connectivity index (χ0) is 25.3. The fourth-order valence-corrected chi connectivity index (χ4v) is 4.28. The van der Waals surface area contributed by atoms with E-state index in [-0.39, 0.29) is 23.3 Å². The van der Waals surface area contributed by atoms with Crippen LogP contribution in [-0.2, 0) is 4.74 Å². The molecule has 2 N–H and O–H groups in total. The number of ether oxygens (including phenoxy) is 1. The molecule has 184 valence electrons. The summed E-state index contributed by atoms with van der Waals surface area (Å²) < 4.78 is 11.1. The summed E-state index contributed by atoms with van der Waals surface area (Å²) in [6, 6.07) is 7.67. The Morgan fingerprint density at radius 3 is 2.57 bits per heavy atom. The monoisotopic (exact) mass is 476 g/mol. The second-order valence-corrected chi connectivity index (χ2v) is 10.1. The number of aromatic nitrogens is 2. The van der Waals surface area contributed by atoms with Crippen LogP contribution in [0, 0.1) is 13.8 Å². The van der Waals surface area contributed by atoms with Crippen LogP contribution < -0.4 is 11.4 Å². The number of carbonyl (C=O) groups excluding carboxylic acids is 1. The number of nitrogens with zero attached hydrogens (tertiary/aromatic N) is 3. The third-order valence-electron chi connectivity index (χ3n) is 6.09. The van der Waals surface area contributed by atoms with Crippen LogP contribution in [0.4, 0.5) is 4.79 Å². The van der Waals surface area contributed by atoms with E-state index in [1.165, 1.54) is 0 Å². The number of hydrogen-bond acceptors (Lipinski definition) is 7. The topological polar surface area (TPSA) is 112 Å². The summed E-state index contributed by atoms with van der Waals surface area (Å²) in [6.45, 7) is 10.6. The number of rotatable bonds is 3. The van der Waals surface area contributed by atoms with E-state index >= 15 is 0 Å². The third-order valence-corrected chi connectivity index (χ3v) is 6.09. The van der Waals surface area contributed by atoms with Gasteiger partial charge in [0.05, 0.1) is 22.6 Å². The lowest BCUT2D eigenvalue weighted by Crippen LogP contribution is -2.41. The molecule has 0 bridgehead atoms. The van der Waals surface area contributed by atoms with Crippen LogP contribution in [0.25, 0.3) is 22.7 Å². The number of carbonyl (C=O) groups is 1. The van der Waals surface area contributed by atoms with Crippen molar-refractivity contribution in [2.75, 3.05) is 13.1 Å². The summed E-state index contributed by atoms with van der Waals surface area (Å²) in [5.41, 5.74) is 9.57. The molecule has 3 aromatic rings. The summed E-state index contributed by atoms with van der Waals surface area (Å²) in [6.07, 6.45) is 4.67. The van der Waals surface area contributed by atoms with Gasteiger partial charge in [-0.05, 0) is 77.2 Å². The summed E-state index contributed by atoms with van der Waals surface area (Å²) in [7, 11) is 0. The first-order chi connectivity index (χ1) is 16.5. The molecule has 1 amide bonds. The normalized spacial score (nSPS) is 15.5. The molecule has 1 fully saturated rings. The van der Waals surface area contributed by atoms with Gasteiger partial charge in [0.1, 0.15) is 11.2 Å². The number of nitrogens with two attached hydrogens (primary N) is 1. The Hall–Kier alpha value is -3.68. The van der Waals surface area contributed by atoms with Gasteiger partial charge in [0.15, 0.2) is 0 Å². The molecule has 2 aromatic heterocycles. The maximum Gasteiger partial charge on any atom is 0.410 e. The van der Waals surface area contributed by atoms with Gasteiger partial charge < -0.3 is 19.8 Å². The largest absolute Gasteiger partial charge is 0.444 e. The summed E-state index contributed by atoms with van der Waals surface area (Å²) in [4.78, 5) is 35.6. The molecule has 0 aliphatic carbocycles. The zero-order valence-electron chi connectivity index (χ0n) is 20.9. The maximum absolute atomic E-state index is 12.7. The molecule has 0 spiro atoms. The lowest BCUT2D eigenvalue weighted by atomic mass is 9.89. The van der Waals surface area contributed by atoms with Gasteiger partial charge in [-0.2, -0.15) is 0 Å². The minimum atomic E-state index is -0.506. The predicted molar refractivity (Wildman–Crippen MR) is 136 cm³/mol. The lowest BCUT2D eigenvalue weighted by molar-refractivity contribution is 0.0205. The molecule has 1 saturated heterocycles. The third kappa shape index (κ3) is 5.70. The van der Waals surface area contributed by atoms with Gasteiger partial charge in [-0.1, -0.05) is 12.1 Å². The van der Waals surface area contributed by atoms with Crippen LogP contribution in [-0.4, -0.2) is 39.7 Å². The Labute approximate surface area is 204 Å². The predicted octanol–water partition coefficient (Wildman–Crippen LogP) is 4.77. The molecule has 0 unspecified atom stereocenters. The summed E-state index contributed by atoms with van der Waals surface area (Å²) in [5, 5.41) is 0.789. The van der Waals surface area contributed by atoms with E-state index in [1.807, 2.05) is 46.8 Å². The number of aryl methyl sites for hydroxylation is 2. The van der Waals surface area contributed by atoms with Crippen molar-refractivity contribution < 1.29 is 13.9 Å². The summed E-state index contributed by atoms with van der Waals surface area (Å²) >= 11 is 0. The van der Waals surface area contributed by atoms with E-state index in [2.05, 4.69) is 16.0 Å². The number of piperidine rings is 1. The van der Waals surface area contributed by atoms with E-state index in [1.54, 1.807) is 23.2 Å². The molecule has 0 radical (unpaired) electrons. The quantitative estimate of drug-likeness (QED) is 0.542. The Balaban J connectivity index is 1.52. The molecular weight excluding hydrogens is 444 g/mol. The standard InChI is InChI=1S/C27H32N4O4/c1-16-15-29-23(17(2)30-16)14-22(28)21-12-20-7-6-19(13-24(20)34-25(21)32)18-8-10-31(11-9-18)26(33)35-27(3,4)5/h6-7,12-15,18H,8-11,28H2,1-5H3/b22-14-. The van der Waals surface area contributed by atoms with Crippen LogP contribution in [0.3, 0.4) is 0 Å². The highest BCUT2D eigenvalue weighted by Crippen LogP contribution is 2.31. The Morgan fingerprint density at radius 1 is 1.20 bits per heavy atom. The molecule has 35 heavy (non-hydrogen) atoms. The van der Waals surface area contributed by atoms with Crippen LogP contribution in [0.2, 0.25) is 0 Å². The van der Waals surface area contributed by atoms with Gasteiger partial charge in [0, 0.05) is 30.4 Å². The zero-order valence-corrected chi connectivity index (χ0v) is 20.9. The van der Waals surface area contributed by atoms with Gasteiger partial charge in [0.25, 0.3) is 0 Å². The number of amides is 1. The van der Waals surface area contributed by atoms with Crippen LogP contribution in [0.15, 0.2) is 39.7 Å². The molecule has 0 atom stereocenters. The molecule has 3 heterocycles. The number of hydrogen-bond donors (Lipinski definition) is 1. The molecule has 8 nitrogen and oxygen atoms in total. The molecule has 8 heteroatoms. The SMILES string of the molecule is Cc1cnc(/C=C(\N)c2cc3ccc(C4CCN(C(=O)OC(C)(C)C)CC4)cc3oc2=O)c(C)n1. The van der Waals surface area contributed by atoms with Gasteiger partial charge >= 0.3 is 11.7 Å². The fraction of sp³-hybridized carbons (Fsp3) is 0.407. The first-order valence-corrected chi connectivity index (χ1v) is 11.8. The van der Waals surface area contributed by atoms with E-state index in [4.69, 9.17) is 14.9 Å². The van der Waals surface area contributed by atoms with Crippen molar-refractivity contribution in [3.05, 3.63) is 69.1 Å². The molecule has 1 aromatic carbocycles. The van der Waals surface area contributed by atoms with Crippen molar-refractivity contribution in [3.8, 4) is 0 Å². The average molecular weight is 477 g/mol. The average Bonchev–Trinajstić information content (AvgIpc) is 2.79. The van der Waals surface area contributed by atoms with E-state index in [0.717, 1.165) is 35.2 Å². The molecule has 1 aliphatic heterocycles. The highest BCUT2D eigenvalue weighted by atomic mass is 16.6. The van der Waals surface area contributed by atoms with Crippen molar-refractivity contribution in [3.63, 3.8) is 0 Å². The second-order valence-electron chi connectivity index (χ2n) is 10.1. The highest BCUT2D eigenvalue weighted by molar-refractivity contribution is 5.85. The van der Waals surface area contributed by atoms with Gasteiger partial charge in [-0.15, -0.1) is 0 Å². The van der Waals surface area contributed by atoms with Gasteiger partial charge in [-0.3, -0.25) is 9.97 Å². The van der Waals surface area contributed by atoms with E-state index in [9.17, 15) is 9.59 Å². The minimum absolute atomic E-state index is 0.273. The van der Waals surface area contributed by atoms with E-state index in [0.29, 0.717) is 24.4 Å². The van der Waals surface area contributed by atoms with Crippen molar-refractivity contribution in [1.82, 2.24) is 14.9 Å². The Bertz CT molecular complexity index is 1350. The molecular formula is C27H32N4O4. The first kappa shape index (κ1) is 24.4. The van der Waals surface area contributed by atoms with Crippen molar-refractivity contribution in [1.29, 1.82) is 0 Å². The lowest BCUT2D eigenvalue weighted by Gasteiger charge is -2.33. The van der Waals surface area contributed by atoms with Crippen LogP contribution in [0.1, 0.15) is 67.7 Å². The highest BCUT2D eigenvalue weighted by Gasteiger charge is 2.27. The number of fused-ring (bicyclic) bond motifs is 1. The van der Waals surface area contributed by atoms with Crippen molar-refractivity contribution in [2.45, 2.75) is 59.0 Å². The molecule has 0 saturated carbocycles. The maximum atomic E-state index is 12.7. The minimum Gasteiger partial charge on any atom is -0.444 e. The first-order valence-electron chi connectivity index (χ1n) is 11.8.